The van der Waals surface area contributed by atoms with E-state index >= 15 is 0 Å². The van der Waals surface area contributed by atoms with Crippen molar-refractivity contribution in [3.8, 4) is 0 Å². The number of benzene rings is 1. The molecule has 2 rings (SSSR count). The topological polar surface area (TPSA) is 29.3 Å². The zero-order valence-corrected chi connectivity index (χ0v) is 11.3. The summed E-state index contributed by atoms with van der Waals surface area (Å²) >= 11 is 3.54. The van der Waals surface area contributed by atoms with E-state index in [1.54, 1.807) is 0 Å². The lowest BCUT2D eigenvalue weighted by atomic mass is 10.1. The molecule has 1 aromatic rings. The van der Waals surface area contributed by atoms with Crippen LogP contribution in [-0.4, -0.2) is 19.1 Å². The Morgan fingerprint density at radius 3 is 3.00 bits per heavy atom. The van der Waals surface area contributed by atoms with Crippen LogP contribution < -0.4 is 10.6 Å². The fraction of sp³-hybridized carbons (Fsp3) is 0.538. The number of fused-ring (bicyclic) bond motifs is 1. The Kier molecular flexibility index (Phi) is 3.87. The zero-order valence-electron chi connectivity index (χ0n) is 9.75. The molecule has 0 saturated carbocycles. The number of hydrogen-bond acceptors (Lipinski definition) is 2. The monoisotopic (exact) mass is 282 g/mol. The first kappa shape index (κ1) is 11.9. The number of nitrogens with zero attached hydrogens (tertiary/aromatic N) is 1. The third-order valence-electron chi connectivity index (χ3n) is 3.33. The first-order valence-corrected chi connectivity index (χ1v) is 6.80. The fourth-order valence-corrected chi connectivity index (χ4v) is 3.01. The van der Waals surface area contributed by atoms with Crippen LogP contribution in [0.5, 0.6) is 0 Å². The van der Waals surface area contributed by atoms with E-state index in [4.69, 9.17) is 5.73 Å². The van der Waals surface area contributed by atoms with Crippen molar-refractivity contribution in [3.05, 3.63) is 28.2 Å². The lowest BCUT2D eigenvalue weighted by Gasteiger charge is -2.26. The van der Waals surface area contributed by atoms with E-state index in [9.17, 15) is 0 Å². The molecular weight excluding hydrogens is 264 g/mol. The number of anilines is 1. The van der Waals surface area contributed by atoms with Crippen molar-refractivity contribution in [2.24, 2.45) is 5.73 Å². The molecule has 1 aromatic carbocycles. The van der Waals surface area contributed by atoms with Gasteiger partial charge in [-0.25, -0.2) is 0 Å². The fourth-order valence-electron chi connectivity index (χ4n) is 2.60. The number of hydrogen-bond donors (Lipinski definition) is 1. The molecule has 0 fully saturated rings. The summed E-state index contributed by atoms with van der Waals surface area (Å²) in [6.07, 6.45) is 3.50. The van der Waals surface area contributed by atoms with E-state index < -0.39 is 0 Å². The average Bonchev–Trinajstić information content (AvgIpc) is 2.62. The molecule has 1 unspecified atom stereocenters. The van der Waals surface area contributed by atoms with Crippen molar-refractivity contribution in [2.75, 3.05) is 18.0 Å². The second-order valence-electron chi connectivity index (χ2n) is 4.35. The highest BCUT2D eigenvalue weighted by Gasteiger charge is 2.27. The normalized spacial score (nSPS) is 18.9. The van der Waals surface area contributed by atoms with Crippen LogP contribution in [0.3, 0.4) is 0 Å². The highest BCUT2D eigenvalue weighted by Crippen LogP contribution is 2.35. The van der Waals surface area contributed by atoms with Crippen molar-refractivity contribution in [2.45, 2.75) is 32.2 Å². The average molecular weight is 283 g/mol. The smallest absolute Gasteiger partial charge is 0.0402 e. The van der Waals surface area contributed by atoms with E-state index in [0.29, 0.717) is 6.04 Å². The molecule has 3 heteroatoms. The Morgan fingerprint density at radius 1 is 1.50 bits per heavy atom. The van der Waals surface area contributed by atoms with Gasteiger partial charge in [0.15, 0.2) is 0 Å². The van der Waals surface area contributed by atoms with Crippen LogP contribution in [0.2, 0.25) is 0 Å². The van der Waals surface area contributed by atoms with Crippen molar-refractivity contribution in [3.63, 3.8) is 0 Å². The Balaban J connectivity index is 2.18. The van der Waals surface area contributed by atoms with Gasteiger partial charge in [0.05, 0.1) is 0 Å². The van der Waals surface area contributed by atoms with Crippen LogP contribution in [-0.2, 0) is 6.42 Å². The van der Waals surface area contributed by atoms with Gasteiger partial charge in [-0.1, -0.05) is 15.9 Å². The third-order valence-corrected chi connectivity index (χ3v) is 3.82. The predicted octanol–water partition coefficient (Wildman–Crippen LogP) is 2.94. The molecule has 2 N–H and O–H groups in total. The molecule has 1 atom stereocenters. The Bertz CT molecular complexity index is 365. The lowest BCUT2D eigenvalue weighted by molar-refractivity contribution is 0.565. The van der Waals surface area contributed by atoms with E-state index in [0.717, 1.165) is 19.5 Å². The van der Waals surface area contributed by atoms with Crippen LogP contribution in [0.15, 0.2) is 22.7 Å². The summed E-state index contributed by atoms with van der Waals surface area (Å²) in [5.41, 5.74) is 8.48. The number of likely N-dealkylation sites (N-methyl/N-ethyl adjacent to an activating group) is 1. The van der Waals surface area contributed by atoms with Gasteiger partial charge in [-0.2, -0.15) is 0 Å². The maximum absolute atomic E-state index is 5.60. The van der Waals surface area contributed by atoms with Gasteiger partial charge in [-0.3, -0.25) is 0 Å². The molecule has 16 heavy (non-hydrogen) atoms. The van der Waals surface area contributed by atoms with Gasteiger partial charge >= 0.3 is 0 Å². The molecule has 0 amide bonds. The maximum atomic E-state index is 5.60. The van der Waals surface area contributed by atoms with Gasteiger partial charge in [-0.05, 0) is 56.5 Å². The van der Waals surface area contributed by atoms with Gasteiger partial charge < -0.3 is 10.6 Å². The van der Waals surface area contributed by atoms with Gasteiger partial charge in [0.1, 0.15) is 0 Å². The molecule has 1 aliphatic heterocycles. The Morgan fingerprint density at radius 2 is 2.31 bits per heavy atom. The summed E-state index contributed by atoms with van der Waals surface area (Å²) in [7, 11) is 0. The predicted molar refractivity (Wildman–Crippen MR) is 72.9 cm³/mol. The molecule has 0 spiro atoms. The second-order valence-corrected chi connectivity index (χ2v) is 5.26. The summed E-state index contributed by atoms with van der Waals surface area (Å²) < 4.78 is 1.18. The maximum Gasteiger partial charge on any atom is 0.0402 e. The van der Waals surface area contributed by atoms with E-state index in [-0.39, 0.29) is 0 Å². The summed E-state index contributed by atoms with van der Waals surface area (Å²) in [5.74, 6) is 0. The Hall–Kier alpha value is -0.540. The molecule has 2 nitrogen and oxygen atoms in total. The van der Waals surface area contributed by atoms with Crippen molar-refractivity contribution in [1.82, 2.24) is 0 Å². The summed E-state index contributed by atoms with van der Waals surface area (Å²) in [4.78, 5) is 2.51. The third kappa shape index (κ3) is 2.25. The molecule has 88 valence electrons. The summed E-state index contributed by atoms with van der Waals surface area (Å²) in [6.45, 7) is 4.12. The van der Waals surface area contributed by atoms with Crippen molar-refractivity contribution < 1.29 is 0 Å². The first-order valence-electron chi connectivity index (χ1n) is 6.01. The lowest BCUT2D eigenvalue weighted by Crippen LogP contribution is -2.32. The summed E-state index contributed by atoms with van der Waals surface area (Å²) in [6, 6.07) is 7.26. The largest absolute Gasteiger partial charge is 0.368 e. The highest BCUT2D eigenvalue weighted by atomic mass is 79.9. The zero-order chi connectivity index (χ0) is 11.5. The quantitative estimate of drug-likeness (QED) is 0.920. The SMILES string of the molecule is CCN1c2ccc(Br)cc2CC1CCCN. The van der Waals surface area contributed by atoms with Crippen LogP contribution in [0, 0.1) is 0 Å². The number of halogens is 1. The number of nitrogens with two attached hydrogens (primary N) is 1. The van der Waals surface area contributed by atoms with Gasteiger partial charge in [0, 0.05) is 22.7 Å². The number of rotatable bonds is 4. The van der Waals surface area contributed by atoms with Crippen molar-refractivity contribution >= 4 is 21.6 Å². The van der Waals surface area contributed by atoms with Crippen LogP contribution in [0.4, 0.5) is 5.69 Å². The van der Waals surface area contributed by atoms with Gasteiger partial charge in [0.25, 0.3) is 0 Å². The van der Waals surface area contributed by atoms with Crippen LogP contribution in [0.25, 0.3) is 0 Å². The molecule has 1 aliphatic rings. The van der Waals surface area contributed by atoms with E-state index in [1.165, 1.54) is 28.6 Å². The molecule has 0 bridgehead atoms. The minimum atomic E-state index is 0.651. The molecule has 0 aliphatic carbocycles. The molecular formula is C13H19BrN2. The second kappa shape index (κ2) is 5.19. The molecule has 0 aromatic heterocycles. The Labute approximate surface area is 106 Å². The van der Waals surface area contributed by atoms with Gasteiger partial charge in [0.2, 0.25) is 0 Å². The van der Waals surface area contributed by atoms with E-state index in [2.05, 4.69) is 46.0 Å². The summed E-state index contributed by atoms with van der Waals surface area (Å²) in [5, 5.41) is 0. The minimum absolute atomic E-state index is 0.651. The standard InChI is InChI=1S/C13H19BrN2/c1-2-16-12(4-3-7-15)9-10-8-11(14)5-6-13(10)16/h5-6,8,12H,2-4,7,9,15H2,1H3. The van der Waals surface area contributed by atoms with Crippen molar-refractivity contribution in [1.29, 1.82) is 0 Å². The molecule has 1 heterocycles. The van der Waals surface area contributed by atoms with Crippen LogP contribution >= 0.6 is 15.9 Å². The van der Waals surface area contributed by atoms with E-state index in [1.807, 2.05) is 0 Å². The molecule has 0 radical (unpaired) electrons. The highest BCUT2D eigenvalue weighted by molar-refractivity contribution is 9.10. The minimum Gasteiger partial charge on any atom is -0.368 e. The first-order chi connectivity index (χ1) is 7.76. The van der Waals surface area contributed by atoms with Gasteiger partial charge in [-0.15, -0.1) is 0 Å². The van der Waals surface area contributed by atoms with Crippen LogP contribution in [0.1, 0.15) is 25.3 Å². The molecule has 0 saturated heterocycles.